The highest BCUT2D eigenvalue weighted by molar-refractivity contribution is 5.71. The van der Waals surface area contributed by atoms with Gasteiger partial charge in [-0.05, 0) is 116 Å². The smallest absolute Gasteiger partial charge is 0.306 e. The molecule has 0 saturated carbocycles. The van der Waals surface area contributed by atoms with E-state index in [-0.39, 0.29) is 31.6 Å². The highest BCUT2D eigenvalue weighted by atomic mass is 16.6. The van der Waals surface area contributed by atoms with Crippen LogP contribution >= 0.6 is 0 Å². The summed E-state index contributed by atoms with van der Waals surface area (Å²) in [5.74, 6) is -1.000. The van der Waals surface area contributed by atoms with Gasteiger partial charge in [0, 0.05) is 19.3 Å². The second kappa shape index (κ2) is 70.6. The molecule has 0 aromatic heterocycles. The van der Waals surface area contributed by atoms with Crippen molar-refractivity contribution in [1.29, 1.82) is 0 Å². The van der Waals surface area contributed by atoms with Gasteiger partial charge in [0.1, 0.15) is 13.2 Å². The molecule has 6 nitrogen and oxygen atoms in total. The minimum atomic E-state index is -0.827. The molecular formula is C77H132O6. The maximum absolute atomic E-state index is 12.9. The molecule has 6 heteroatoms. The van der Waals surface area contributed by atoms with E-state index in [0.717, 1.165) is 103 Å². The average molecular weight is 1150 g/mol. The number of carbonyl (C=O) groups is 3. The molecule has 0 heterocycles. The fourth-order valence-corrected chi connectivity index (χ4v) is 9.97. The molecule has 0 aromatic rings. The van der Waals surface area contributed by atoms with Crippen molar-refractivity contribution in [3.05, 3.63) is 109 Å². The van der Waals surface area contributed by atoms with Gasteiger partial charge in [-0.1, -0.05) is 316 Å². The minimum Gasteiger partial charge on any atom is -0.462 e. The van der Waals surface area contributed by atoms with E-state index in [1.165, 1.54) is 193 Å². The van der Waals surface area contributed by atoms with Gasteiger partial charge in [-0.25, -0.2) is 0 Å². The van der Waals surface area contributed by atoms with Crippen LogP contribution in [0.2, 0.25) is 0 Å². The van der Waals surface area contributed by atoms with Crippen LogP contribution < -0.4 is 0 Å². The molecule has 0 amide bonds. The summed E-state index contributed by atoms with van der Waals surface area (Å²) in [4.78, 5) is 38.4. The van der Waals surface area contributed by atoms with Gasteiger partial charge >= 0.3 is 17.9 Å². The van der Waals surface area contributed by atoms with E-state index < -0.39 is 12.1 Å². The zero-order valence-electron chi connectivity index (χ0n) is 54.7. The minimum absolute atomic E-state index is 0.112. The van der Waals surface area contributed by atoms with Gasteiger partial charge in [0.15, 0.2) is 6.10 Å². The number of ether oxygens (including phenoxy) is 3. The first kappa shape index (κ1) is 79.1. The van der Waals surface area contributed by atoms with Crippen molar-refractivity contribution in [2.45, 2.75) is 348 Å². The Morgan fingerprint density at radius 3 is 0.819 bits per heavy atom. The van der Waals surface area contributed by atoms with E-state index >= 15 is 0 Å². The summed E-state index contributed by atoms with van der Waals surface area (Å²) >= 11 is 0. The highest BCUT2D eigenvalue weighted by Gasteiger charge is 2.19. The molecule has 0 aromatic carbocycles. The molecule has 1 atom stereocenters. The van der Waals surface area contributed by atoms with Crippen LogP contribution in [0.25, 0.3) is 0 Å². The molecule has 476 valence electrons. The topological polar surface area (TPSA) is 78.9 Å². The van der Waals surface area contributed by atoms with Crippen LogP contribution in [-0.4, -0.2) is 37.2 Å². The fraction of sp³-hybridized carbons (Fsp3) is 0.727. The summed E-state index contributed by atoms with van der Waals surface area (Å²) in [6.07, 6.45) is 97.1. The Balaban J connectivity index is 4.30. The molecule has 0 aliphatic rings. The third-order valence-corrected chi connectivity index (χ3v) is 15.2. The van der Waals surface area contributed by atoms with Gasteiger partial charge in [-0.3, -0.25) is 14.4 Å². The van der Waals surface area contributed by atoms with E-state index in [4.69, 9.17) is 14.2 Å². The van der Waals surface area contributed by atoms with Crippen LogP contribution in [0.4, 0.5) is 0 Å². The summed E-state index contributed by atoms with van der Waals surface area (Å²) in [5.41, 5.74) is 0. The van der Waals surface area contributed by atoms with Crippen molar-refractivity contribution in [3.8, 4) is 0 Å². The van der Waals surface area contributed by atoms with Crippen LogP contribution in [0.15, 0.2) is 109 Å². The standard InChI is InChI=1S/C77H132O6/c1-4-7-10-13-16-19-22-25-28-30-32-33-34-35-36-37-38-39-40-41-42-43-45-46-49-52-55-58-61-64-67-70-76(79)82-73-74(72-81-75(78)69-66-63-60-57-54-51-48-27-24-21-18-15-12-9-6-3)83-77(80)71-68-65-62-59-56-53-50-47-44-31-29-26-23-20-17-14-11-8-5-2/h8,11,17-18,20-21,26-27,29-30,32,44,47-48,53,56,62,65,74H,4-7,9-10,12-16,19,22-25,28,31,33-43,45-46,49-52,54-55,57-61,63-64,66-73H2,1-3H3/b11-8-,20-17-,21-18-,29-26-,32-30-,47-44-,48-27-,56-53-,65-62-. The zero-order chi connectivity index (χ0) is 59.9. The summed E-state index contributed by atoms with van der Waals surface area (Å²) in [5, 5.41) is 0. The molecule has 0 spiro atoms. The lowest BCUT2D eigenvalue weighted by Gasteiger charge is -2.18. The Kier molecular flexibility index (Phi) is 67.2. The van der Waals surface area contributed by atoms with E-state index in [0.29, 0.717) is 19.3 Å². The number of esters is 3. The van der Waals surface area contributed by atoms with Crippen molar-refractivity contribution < 1.29 is 28.6 Å². The quantitative estimate of drug-likeness (QED) is 0.0261. The molecule has 0 saturated heterocycles. The molecule has 0 N–H and O–H groups in total. The van der Waals surface area contributed by atoms with E-state index in [1.54, 1.807) is 0 Å². The van der Waals surface area contributed by atoms with Crippen LogP contribution in [-0.2, 0) is 28.6 Å². The number of carbonyl (C=O) groups excluding carboxylic acids is 3. The summed E-state index contributed by atoms with van der Waals surface area (Å²) < 4.78 is 16.9. The van der Waals surface area contributed by atoms with E-state index in [1.807, 2.05) is 6.08 Å². The normalized spacial score (nSPS) is 12.8. The average Bonchev–Trinajstić information content (AvgIpc) is 3.49. The van der Waals surface area contributed by atoms with Crippen LogP contribution in [0.5, 0.6) is 0 Å². The second-order valence-electron chi connectivity index (χ2n) is 23.4. The number of hydrogen-bond acceptors (Lipinski definition) is 6. The lowest BCUT2D eigenvalue weighted by Crippen LogP contribution is -2.30. The molecule has 83 heavy (non-hydrogen) atoms. The largest absolute Gasteiger partial charge is 0.462 e. The number of rotatable bonds is 64. The Labute approximate surface area is 514 Å². The molecular weight excluding hydrogens is 1020 g/mol. The number of allylic oxidation sites excluding steroid dienone is 18. The molecule has 0 aliphatic heterocycles. The monoisotopic (exact) mass is 1150 g/mol. The van der Waals surface area contributed by atoms with Gasteiger partial charge in [-0.15, -0.1) is 0 Å². The number of hydrogen-bond donors (Lipinski definition) is 0. The van der Waals surface area contributed by atoms with Gasteiger partial charge in [0.2, 0.25) is 0 Å². The number of unbranched alkanes of at least 4 members (excludes halogenated alkanes) is 35. The van der Waals surface area contributed by atoms with Crippen molar-refractivity contribution in [2.24, 2.45) is 0 Å². The molecule has 0 bridgehead atoms. The molecule has 0 fully saturated rings. The van der Waals surface area contributed by atoms with Crippen LogP contribution in [0.1, 0.15) is 342 Å². The Hall–Kier alpha value is -3.93. The van der Waals surface area contributed by atoms with Crippen molar-refractivity contribution >= 4 is 17.9 Å². The third kappa shape index (κ3) is 68.7. The van der Waals surface area contributed by atoms with Gasteiger partial charge in [0.05, 0.1) is 0 Å². The highest BCUT2D eigenvalue weighted by Crippen LogP contribution is 2.17. The zero-order valence-corrected chi connectivity index (χ0v) is 54.7. The van der Waals surface area contributed by atoms with Gasteiger partial charge < -0.3 is 14.2 Å². The first-order chi connectivity index (χ1) is 41.0. The van der Waals surface area contributed by atoms with Gasteiger partial charge in [-0.2, -0.15) is 0 Å². The third-order valence-electron chi connectivity index (χ3n) is 15.2. The maximum Gasteiger partial charge on any atom is 0.306 e. The van der Waals surface area contributed by atoms with Crippen molar-refractivity contribution in [3.63, 3.8) is 0 Å². The molecule has 0 rings (SSSR count). The lowest BCUT2D eigenvalue weighted by molar-refractivity contribution is -0.166. The SMILES string of the molecule is CC/C=C\C/C=C\C/C=C\C/C=C\C/C=C\C/C=C\CCC(=O)OC(COC(=O)CCCCCCC/C=C\C/C=C\CCCCC)COC(=O)CCCCCCCCCCCCCCCCCCCCC/C=C\CCCCCCCCCC. The Bertz CT molecular complexity index is 1660. The van der Waals surface area contributed by atoms with Crippen LogP contribution in [0.3, 0.4) is 0 Å². The van der Waals surface area contributed by atoms with E-state index in [9.17, 15) is 14.4 Å². The maximum atomic E-state index is 12.9. The summed E-state index contributed by atoms with van der Waals surface area (Å²) in [7, 11) is 0. The lowest BCUT2D eigenvalue weighted by atomic mass is 10.0. The fourth-order valence-electron chi connectivity index (χ4n) is 9.97. The Morgan fingerprint density at radius 2 is 0.494 bits per heavy atom. The molecule has 0 radical (unpaired) electrons. The van der Waals surface area contributed by atoms with Gasteiger partial charge in [0.25, 0.3) is 0 Å². The summed E-state index contributed by atoms with van der Waals surface area (Å²) in [6.45, 7) is 6.46. The van der Waals surface area contributed by atoms with Crippen molar-refractivity contribution in [1.82, 2.24) is 0 Å². The van der Waals surface area contributed by atoms with Crippen molar-refractivity contribution in [2.75, 3.05) is 13.2 Å². The summed E-state index contributed by atoms with van der Waals surface area (Å²) in [6, 6.07) is 0. The molecule has 1 unspecified atom stereocenters. The van der Waals surface area contributed by atoms with E-state index in [2.05, 4.69) is 124 Å². The predicted octanol–water partition coefficient (Wildman–Crippen LogP) is 24.6. The second-order valence-corrected chi connectivity index (χ2v) is 23.4. The first-order valence-electron chi connectivity index (χ1n) is 35.4. The predicted molar refractivity (Wildman–Crippen MR) is 362 cm³/mol. The van der Waals surface area contributed by atoms with Crippen LogP contribution in [0, 0.1) is 0 Å². The first-order valence-corrected chi connectivity index (χ1v) is 35.4. The Morgan fingerprint density at radius 1 is 0.253 bits per heavy atom. The molecule has 0 aliphatic carbocycles.